The third-order valence-corrected chi connectivity index (χ3v) is 3.16. The summed E-state index contributed by atoms with van der Waals surface area (Å²) in [7, 11) is 0. The van der Waals surface area contributed by atoms with Gasteiger partial charge in [-0.1, -0.05) is 0 Å². The van der Waals surface area contributed by atoms with E-state index in [2.05, 4.69) is 27.5 Å². The molecule has 5 heteroatoms. The van der Waals surface area contributed by atoms with Gasteiger partial charge < -0.3 is 15.4 Å². The van der Waals surface area contributed by atoms with Gasteiger partial charge in [0.05, 0.1) is 12.1 Å². The molecule has 0 radical (unpaired) electrons. The highest BCUT2D eigenvalue weighted by molar-refractivity contribution is 5.48. The van der Waals surface area contributed by atoms with Gasteiger partial charge in [-0.3, -0.25) is 0 Å². The average Bonchev–Trinajstić information content (AvgIpc) is 2.34. The first-order valence-corrected chi connectivity index (χ1v) is 6.56. The molecule has 1 saturated heterocycles. The van der Waals surface area contributed by atoms with Crippen molar-refractivity contribution in [3.05, 3.63) is 11.8 Å². The summed E-state index contributed by atoms with van der Waals surface area (Å²) in [6.07, 6.45) is 4.04. The van der Waals surface area contributed by atoms with Crippen LogP contribution >= 0.6 is 0 Å². The van der Waals surface area contributed by atoms with Crippen LogP contribution in [0.5, 0.6) is 0 Å². The van der Waals surface area contributed by atoms with E-state index in [0.717, 1.165) is 44.0 Å². The lowest BCUT2D eigenvalue weighted by atomic mass is 9.95. The zero-order chi connectivity index (χ0) is 13.0. The molecule has 100 valence electrons. The highest BCUT2D eigenvalue weighted by atomic mass is 16.5. The molecule has 0 amide bonds. The van der Waals surface area contributed by atoms with Crippen LogP contribution in [0.4, 0.5) is 11.8 Å². The van der Waals surface area contributed by atoms with Crippen LogP contribution in [0, 0.1) is 6.92 Å². The van der Waals surface area contributed by atoms with Gasteiger partial charge in [0.15, 0.2) is 0 Å². The molecule has 2 rings (SSSR count). The molecule has 1 aliphatic heterocycles. The average molecular weight is 250 g/mol. The summed E-state index contributed by atoms with van der Waals surface area (Å²) in [4.78, 5) is 8.76. The molecule has 1 aliphatic rings. The second-order valence-electron chi connectivity index (χ2n) is 5.10. The van der Waals surface area contributed by atoms with Gasteiger partial charge in [-0.05, 0) is 33.6 Å². The van der Waals surface area contributed by atoms with Gasteiger partial charge in [0.25, 0.3) is 0 Å². The molecule has 2 N–H and O–H groups in total. The van der Waals surface area contributed by atoms with Crippen molar-refractivity contribution in [3.63, 3.8) is 0 Å². The van der Waals surface area contributed by atoms with Crippen LogP contribution in [0.2, 0.25) is 0 Å². The van der Waals surface area contributed by atoms with E-state index >= 15 is 0 Å². The van der Waals surface area contributed by atoms with Crippen LogP contribution in [0.25, 0.3) is 0 Å². The standard InChI is InChI=1S/C13H22N4O/c1-4-14-12-15-8-10(2)11(16-12)17-13(3)6-5-7-18-9-13/h8H,4-7,9H2,1-3H3,(H2,14,15,16,17). The predicted molar refractivity (Wildman–Crippen MR) is 73.0 cm³/mol. The summed E-state index contributed by atoms with van der Waals surface area (Å²) in [6, 6.07) is 0. The molecule has 0 saturated carbocycles. The minimum absolute atomic E-state index is 0.0269. The van der Waals surface area contributed by atoms with Gasteiger partial charge in [0, 0.05) is 24.9 Å². The molecular weight excluding hydrogens is 228 g/mol. The van der Waals surface area contributed by atoms with Crippen molar-refractivity contribution in [1.82, 2.24) is 9.97 Å². The fourth-order valence-corrected chi connectivity index (χ4v) is 2.13. The van der Waals surface area contributed by atoms with Crippen molar-refractivity contribution in [1.29, 1.82) is 0 Å². The molecule has 2 heterocycles. The monoisotopic (exact) mass is 250 g/mol. The van der Waals surface area contributed by atoms with Crippen LogP contribution in [-0.4, -0.2) is 35.3 Å². The van der Waals surface area contributed by atoms with Gasteiger partial charge in [-0.2, -0.15) is 4.98 Å². The Morgan fingerprint density at radius 2 is 2.33 bits per heavy atom. The number of rotatable bonds is 4. The van der Waals surface area contributed by atoms with Crippen LogP contribution < -0.4 is 10.6 Å². The zero-order valence-corrected chi connectivity index (χ0v) is 11.4. The quantitative estimate of drug-likeness (QED) is 0.858. The Morgan fingerprint density at radius 1 is 1.50 bits per heavy atom. The van der Waals surface area contributed by atoms with E-state index in [1.165, 1.54) is 0 Å². The second kappa shape index (κ2) is 5.52. The normalized spacial score (nSPS) is 23.7. The number of nitrogens with zero attached hydrogens (tertiary/aromatic N) is 2. The minimum Gasteiger partial charge on any atom is -0.379 e. The maximum absolute atomic E-state index is 5.55. The lowest BCUT2D eigenvalue weighted by molar-refractivity contribution is 0.0538. The van der Waals surface area contributed by atoms with Crippen molar-refractivity contribution in [3.8, 4) is 0 Å². The van der Waals surface area contributed by atoms with Gasteiger partial charge in [0.2, 0.25) is 5.95 Å². The van der Waals surface area contributed by atoms with Crippen LogP contribution in [-0.2, 0) is 4.74 Å². The zero-order valence-electron chi connectivity index (χ0n) is 11.4. The molecule has 18 heavy (non-hydrogen) atoms. The van der Waals surface area contributed by atoms with E-state index in [0.29, 0.717) is 5.95 Å². The molecule has 5 nitrogen and oxygen atoms in total. The van der Waals surface area contributed by atoms with Crippen molar-refractivity contribution in [2.45, 2.75) is 39.2 Å². The number of ether oxygens (including phenoxy) is 1. The molecule has 0 bridgehead atoms. The van der Waals surface area contributed by atoms with E-state index in [1.54, 1.807) is 0 Å². The number of nitrogens with one attached hydrogen (secondary N) is 2. The first-order valence-electron chi connectivity index (χ1n) is 6.56. The lowest BCUT2D eigenvalue weighted by Crippen LogP contribution is -2.43. The second-order valence-corrected chi connectivity index (χ2v) is 5.10. The third kappa shape index (κ3) is 3.10. The number of hydrogen-bond donors (Lipinski definition) is 2. The topological polar surface area (TPSA) is 59.1 Å². The van der Waals surface area contributed by atoms with Gasteiger partial charge in [0.1, 0.15) is 5.82 Å². The Bertz CT molecular complexity index is 402. The van der Waals surface area contributed by atoms with E-state index in [-0.39, 0.29) is 5.54 Å². The summed E-state index contributed by atoms with van der Waals surface area (Å²) in [5.41, 5.74) is 1.03. The summed E-state index contributed by atoms with van der Waals surface area (Å²) in [5, 5.41) is 6.64. The number of anilines is 2. The van der Waals surface area contributed by atoms with Crippen LogP contribution in [0.15, 0.2) is 6.20 Å². The molecule has 1 aromatic rings. The molecule has 0 aliphatic carbocycles. The largest absolute Gasteiger partial charge is 0.379 e. The number of aryl methyl sites for hydroxylation is 1. The molecule has 0 spiro atoms. The van der Waals surface area contributed by atoms with E-state index in [4.69, 9.17) is 4.74 Å². The van der Waals surface area contributed by atoms with Gasteiger partial charge in [-0.25, -0.2) is 4.98 Å². The first-order chi connectivity index (χ1) is 8.63. The Hall–Kier alpha value is -1.36. The summed E-state index contributed by atoms with van der Waals surface area (Å²) in [6.45, 7) is 8.65. The molecule has 1 unspecified atom stereocenters. The fourth-order valence-electron chi connectivity index (χ4n) is 2.13. The Morgan fingerprint density at radius 3 is 3.00 bits per heavy atom. The predicted octanol–water partition coefficient (Wildman–Crippen LogP) is 2.20. The SMILES string of the molecule is CCNc1ncc(C)c(NC2(C)CCCOC2)n1. The molecule has 0 aromatic carbocycles. The van der Waals surface area contributed by atoms with Gasteiger partial charge >= 0.3 is 0 Å². The Kier molecular flexibility index (Phi) is 4.01. The highest BCUT2D eigenvalue weighted by Gasteiger charge is 2.28. The van der Waals surface area contributed by atoms with Gasteiger partial charge in [-0.15, -0.1) is 0 Å². The Labute approximate surface area is 108 Å². The smallest absolute Gasteiger partial charge is 0.224 e. The molecule has 1 aromatic heterocycles. The van der Waals surface area contributed by atoms with Crippen LogP contribution in [0.3, 0.4) is 0 Å². The number of aromatic nitrogens is 2. The third-order valence-electron chi connectivity index (χ3n) is 3.16. The summed E-state index contributed by atoms with van der Waals surface area (Å²) in [5.74, 6) is 1.57. The van der Waals surface area contributed by atoms with E-state index < -0.39 is 0 Å². The van der Waals surface area contributed by atoms with Crippen molar-refractivity contribution < 1.29 is 4.74 Å². The molecule has 1 atom stereocenters. The lowest BCUT2D eigenvalue weighted by Gasteiger charge is -2.35. The maximum Gasteiger partial charge on any atom is 0.224 e. The van der Waals surface area contributed by atoms with Crippen molar-refractivity contribution in [2.24, 2.45) is 0 Å². The first kappa shape index (κ1) is 13.1. The summed E-state index contributed by atoms with van der Waals surface area (Å²) < 4.78 is 5.55. The fraction of sp³-hybridized carbons (Fsp3) is 0.692. The Balaban J connectivity index is 2.14. The highest BCUT2D eigenvalue weighted by Crippen LogP contribution is 2.25. The van der Waals surface area contributed by atoms with Crippen molar-refractivity contribution in [2.75, 3.05) is 30.4 Å². The van der Waals surface area contributed by atoms with E-state index in [9.17, 15) is 0 Å². The maximum atomic E-state index is 5.55. The molecular formula is C13H22N4O. The molecule has 1 fully saturated rings. The van der Waals surface area contributed by atoms with E-state index in [1.807, 2.05) is 20.0 Å². The summed E-state index contributed by atoms with van der Waals surface area (Å²) >= 11 is 0. The number of hydrogen-bond acceptors (Lipinski definition) is 5. The van der Waals surface area contributed by atoms with Crippen molar-refractivity contribution >= 4 is 11.8 Å². The van der Waals surface area contributed by atoms with Crippen LogP contribution in [0.1, 0.15) is 32.3 Å². The minimum atomic E-state index is -0.0269.